The Morgan fingerprint density at radius 2 is 1.76 bits per heavy atom. The molecular weight excluding hydrogens is 568 g/mol. The first-order valence-corrected chi connectivity index (χ1v) is 15.4. The van der Waals surface area contributed by atoms with E-state index in [-0.39, 0.29) is 23.7 Å². The molecule has 0 atom stereocenters. The number of hydrogen-bond donors (Lipinski definition) is 1. The molecule has 8 rings (SSSR count). The first-order valence-electron chi connectivity index (χ1n) is 15.4. The number of carboxylic acid groups (broad SMARTS) is 1. The fraction of sp³-hybridized carbons (Fsp3) is 0.278. The van der Waals surface area contributed by atoms with Gasteiger partial charge in [-0.15, -0.1) is 0 Å². The summed E-state index contributed by atoms with van der Waals surface area (Å²) in [6.07, 6.45) is 9.28. The smallest absolute Gasteiger partial charge is 0.336 e. The molecule has 2 fully saturated rings. The number of carbonyl (C=O) groups excluding carboxylic acids is 2. The Morgan fingerprint density at radius 3 is 2.49 bits per heavy atom. The highest BCUT2D eigenvalue weighted by Gasteiger charge is 2.44. The van der Waals surface area contributed by atoms with Crippen molar-refractivity contribution in [2.75, 3.05) is 13.1 Å². The zero-order valence-electron chi connectivity index (χ0n) is 24.9. The van der Waals surface area contributed by atoms with Crippen molar-refractivity contribution in [1.29, 1.82) is 0 Å². The average molecular weight is 601 g/mol. The molecule has 3 aromatic carbocycles. The van der Waals surface area contributed by atoms with Gasteiger partial charge in [-0.05, 0) is 65.9 Å². The summed E-state index contributed by atoms with van der Waals surface area (Å²) in [6.45, 7) is 0.913. The predicted molar refractivity (Wildman–Crippen MR) is 169 cm³/mol. The third kappa shape index (κ3) is 4.70. The minimum Gasteiger partial charge on any atom is -0.486 e. The quantitative estimate of drug-likeness (QED) is 0.251. The molecular formula is C36H32N4O5. The van der Waals surface area contributed by atoms with Crippen LogP contribution in [0.15, 0.2) is 79.3 Å². The molecule has 0 bridgehead atoms. The van der Waals surface area contributed by atoms with Crippen molar-refractivity contribution in [3.63, 3.8) is 0 Å². The van der Waals surface area contributed by atoms with E-state index in [1.54, 1.807) is 29.1 Å². The van der Waals surface area contributed by atoms with Crippen LogP contribution in [0.25, 0.3) is 33.2 Å². The molecule has 0 unspecified atom stereocenters. The second-order valence-corrected chi connectivity index (χ2v) is 12.6. The second kappa shape index (κ2) is 10.2. The lowest BCUT2D eigenvalue weighted by Gasteiger charge is -2.44. The number of likely N-dealkylation sites (tertiary alicyclic amines) is 1. The molecule has 9 heteroatoms. The average Bonchev–Trinajstić information content (AvgIpc) is 3.65. The molecule has 45 heavy (non-hydrogen) atoms. The lowest BCUT2D eigenvalue weighted by atomic mass is 9.82. The van der Waals surface area contributed by atoms with E-state index in [0.29, 0.717) is 54.4 Å². The first-order chi connectivity index (χ1) is 21.8. The molecule has 4 heterocycles. The molecule has 2 aliphatic heterocycles. The lowest BCUT2D eigenvalue weighted by molar-refractivity contribution is -0.00571. The van der Waals surface area contributed by atoms with E-state index in [4.69, 9.17) is 4.74 Å². The van der Waals surface area contributed by atoms with Crippen molar-refractivity contribution in [3.8, 4) is 28.0 Å². The van der Waals surface area contributed by atoms with Gasteiger partial charge in [0.05, 0.1) is 23.7 Å². The van der Waals surface area contributed by atoms with Gasteiger partial charge in [0.15, 0.2) is 5.78 Å². The number of benzene rings is 3. The summed E-state index contributed by atoms with van der Waals surface area (Å²) < 4.78 is 10.5. The zero-order valence-corrected chi connectivity index (χ0v) is 24.9. The van der Waals surface area contributed by atoms with Crippen LogP contribution >= 0.6 is 0 Å². The van der Waals surface area contributed by atoms with Gasteiger partial charge in [-0.2, -0.15) is 5.10 Å². The number of aromatic carboxylic acids is 1. The van der Waals surface area contributed by atoms with E-state index < -0.39 is 11.6 Å². The summed E-state index contributed by atoms with van der Waals surface area (Å²) in [5.41, 5.74) is 4.81. The van der Waals surface area contributed by atoms with E-state index in [1.807, 2.05) is 66.8 Å². The van der Waals surface area contributed by atoms with Gasteiger partial charge >= 0.3 is 5.97 Å². The van der Waals surface area contributed by atoms with Crippen LogP contribution in [0.1, 0.15) is 69.2 Å². The number of ether oxygens (including phenoxy) is 1. The number of carboxylic acids is 1. The molecule has 5 aromatic rings. The lowest BCUT2D eigenvalue weighted by Crippen LogP contribution is -2.52. The van der Waals surface area contributed by atoms with Crippen LogP contribution in [0.5, 0.6) is 5.75 Å². The third-order valence-corrected chi connectivity index (χ3v) is 9.56. The molecule has 1 saturated carbocycles. The van der Waals surface area contributed by atoms with Crippen LogP contribution in [-0.4, -0.2) is 60.7 Å². The van der Waals surface area contributed by atoms with Crippen LogP contribution in [0.3, 0.4) is 0 Å². The van der Waals surface area contributed by atoms with Gasteiger partial charge in [-0.1, -0.05) is 24.3 Å². The Morgan fingerprint density at radius 1 is 0.956 bits per heavy atom. The topological polar surface area (TPSA) is 107 Å². The minimum absolute atomic E-state index is 0.0507. The van der Waals surface area contributed by atoms with Gasteiger partial charge in [-0.3, -0.25) is 14.3 Å². The van der Waals surface area contributed by atoms with Crippen LogP contribution in [0.2, 0.25) is 0 Å². The van der Waals surface area contributed by atoms with Crippen molar-refractivity contribution in [2.45, 2.75) is 43.7 Å². The van der Waals surface area contributed by atoms with Crippen molar-refractivity contribution >= 4 is 28.6 Å². The fourth-order valence-electron chi connectivity index (χ4n) is 7.01. The normalized spacial score (nSPS) is 17.4. The molecule has 0 radical (unpaired) electrons. The Bertz CT molecular complexity index is 2030. The number of nitrogens with zero attached hydrogens (tertiary/aromatic N) is 4. The monoisotopic (exact) mass is 600 g/mol. The van der Waals surface area contributed by atoms with Crippen LogP contribution in [-0.2, 0) is 7.05 Å². The standard InChI is InChI=1S/C36H32N4O5/c1-38-21-24(20-37-38)22-6-9-33-30(16-22)32(41)19-36(45-33)11-14-39(15-12-36)34(42)23-17-29(26-4-2-3-5-28(26)35(43)44)27-10-13-40(25-7-8-25)31(27)18-23/h2-6,9-10,13,16-18,20-21,25H,7-8,11-12,14-15,19H2,1H3,(H,43,44). The molecule has 3 aliphatic rings. The van der Waals surface area contributed by atoms with E-state index >= 15 is 0 Å². The Kier molecular flexibility index (Phi) is 6.20. The summed E-state index contributed by atoms with van der Waals surface area (Å²) in [4.78, 5) is 41.4. The highest BCUT2D eigenvalue weighted by Crippen LogP contribution is 2.43. The number of ketones is 1. The number of piperidine rings is 1. The zero-order chi connectivity index (χ0) is 30.9. The number of aryl methyl sites for hydroxylation is 1. The third-order valence-electron chi connectivity index (χ3n) is 9.56. The van der Waals surface area contributed by atoms with Gasteiger partial charge in [-0.25, -0.2) is 4.79 Å². The SMILES string of the molecule is Cn1cc(-c2ccc3c(c2)C(=O)CC2(CCN(C(=O)c4cc(-c5ccccc5C(=O)O)c5ccn(C6CC6)c5c4)CC2)O3)cn1. The van der Waals surface area contributed by atoms with Gasteiger partial charge in [0.2, 0.25) is 0 Å². The van der Waals surface area contributed by atoms with Crippen LogP contribution < -0.4 is 4.74 Å². The first kappa shape index (κ1) is 27.4. The molecule has 1 spiro atoms. The van der Waals surface area contributed by atoms with E-state index in [1.165, 1.54) is 0 Å². The number of rotatable bonds is 5. The van der Waals surface area contributed by atoms with Crippen molar-refractivity contribution in [1.82, 2.24) is 19.2 Å². The molecule has 226 valence electrons. The number of amides is 1. The molecule has 1 N–H and O–H groups in total. The van der Waals surface area contributed by atoms with Crippen molar-refractivity contribution in [3.05, 3.63) is 95.9 Å². The van der Waals surface area contributed by atoms with Crippen LogP contribution in [0, 0.1) is 0 Å². The Hall–Kier alpha value is -5.18. The Labute approximate surface area is 259 Å². The Balaban J connectivity index is 1.07. The minimum atomic E-state index is -1.00. The molecule has 1 aliphatic carbocycles. The van der Waals surface area contributed by atoms with Crippen molar-refractivity contribution < 1.29 is 24.2 Å². The van der Waals surface area contributed by atoms with E-state index in [2.05, 4.69) is 9.67 Å². The molecule has 1 amide bonds. The van der Waals surface area contributed by atoms with E-state index in [0.717, 1.165) is 40.4 Å². The van der Waals surface area contributed by atoms with Crippen molar-refractivity contribution in [2.24, 2.45) is 7.05 Å². The van der Waals surface area contributed by atoms with Gasteiger partial charge in [0.1, 0.15) is 11.4 Å². The van der Waals surface area contributed by atoms with Crippen LogP contribution in [0.4, 0.5) is 0 Å². The van der Waals surface area contributed by atoms with Gasteiger partial charge in [0, 0.05) is 73.4 Å². The maximum absolute atomic E-state index is 14.1. The largest absolute Gasteiger partial charge is 0.486 e. The van der Waals surface area contributed by atoms with E-state index in [9.17, 15) is 19.5 Å². The predicted octanol–water partition coefficient (Wildman–Crippen LogP) is 6.38. The second-order valence-electron chi connectivity index (χ2n) is 12.6. The summed E-state index contributed by atoms with van der Waals surface area (Å²) in [7, 11) is 1.86. The molecule has 9 nitrogen and oxygen atoms in total. The fourth-order valence-corrected chi connectivity index (χ4v) is 7.01. The van der Waals surface area contributed by atoms with Gasteiger partial charge in [0.25, 0.3) is 5.91 Å². The number of aromatic nitrogens is 3. The summed E-state index contributed by atoms with van der Waals surface area (Å²) >= 11 is 0. The van der Waals surface area contributed by atoms with Gasteiger partial charge < -0.3 is 19.3 Å². The number of fused-ring (bicyclic) bond motifs is 2. The number of Topliss-reactive ketones (excluding diaryl/α,β-unsaturated/α-hetero) is 1. The highest BCUT2D eigenvalue weighted by atomic mass is 16.5. The number of hydrogen-bond acceptors (Lipinski definition) is 5. The maximum atomic E-state index is 14.1. The number of carbonyl (C=O) groups is 3. The summed E-state index contributed by atoms with van der Waals surface area (Å²) in [5, 5.41) is 15.1. The maximum Gasteiger partial charge on any atom is 0.336 e. The molecule has 1 saturated heterocycles. The summed E-state index contributed by atoms with van der Waals surface area (Å²) in [6, 6.07) is 18.9. The summed E-state index contributed by atoms with van der Waals surface area (Å²) in [5.74, 6) is -0.468. The highest BCUT2D eigenvalue weighted by molar-refractivity contribution is 6.07. The molecule has 2 aromatic heterocycles.